The number of hydrogen-bond donors (Lipinski definition) is 2. The molecule has 2 aliphatic carbocycles. The Bertz CT molecular complexity index is 409. The molecule has 0 aliphatic heterocycles. The second kappa shape index (κ2) is 9.20. The summed E-state index contributed by atoms with van der Waals surface area (Å²) in [5.41, 5.74) is 3.15. The summed E-state index contributed by atoms with van der Waals surface area (Å²) >= 11 is 0. The maximum atomic E-state index is 3.69. The molecule has 0 saturated heterocycles. The van der Waals surface area contributed by atoms with Crippen molar-refractivity contribution >= 4 is 0 Å². The van der Waals surface area contributed by atoms with E-state index in [1.165, 1.54) is 12.8 Å². The van der Waals surface area contributed by atoms with Gasteiger partial charge in [-0.3, -0.25) is 0 Å². The summed E-state index contributed by atoms with van der Waals surface area (Å²) in [6.07, 6.45) is 7.51. The molecule has 2 rings (SSSR count). The van der Waals surface area contributed by atoms with Gasteiger partial charge in [0, 0.05) is 13.1 Å². The monoisotopic (exact) mass is 332 g/mol. The van der Waals surface area contributed by atoms with E-state index in [2.05, 4.69) is 64.3 Å². The van der Waals surface area contributed by atoms with Gasteiger partial charge >= 0.3 is 0 Å². The van der Waals surface area contributed by atoms with Crippen LogP contribution >= 0.6 is 0 Å². The lowest BCUT2D eigenvalue weighted by Gasteiger charge is -2.34. The van der Waals surface area contributed by atoms with Crippen molar-refractivity contribution in [1.82, 2.24) is 10.6 Å². The fraction of sp³-hybridized carbons (Fsp3) is 0.818. The lowest BCUT2D eigenvalue weighted by molar-refractivity contribution is 0.253. The lowest BCUT2D eigenvalue weighted by Crippen LogP contribution is -2.39. The van der Waals surface area contributed by atoms with Crippen LogP contribution in [0.4, 0.5) is 0 Å². The molecule has 0 heterocycles. The van der Waals surface area contributed by atoms with Crippen LogP contribution in [-0.2, 0) is 0 Å². The van der Waals surface area contributed by atoms with E-state index in [0.29, 0.717) is 11.8 Å². The van der Waals surface area contributed by atoms with Crippen molar-refractivity contribution in [2.75, 3.05) is 26.2 Å². The Morgan fingerprint density at radius 1 is 0.750 bits per heavy atom. The third-order valence-electron chi connectivity index (χ3n) is 6.43. The van der Waals surface area contributed by atoms with E-state index >= 15 is 0 Å². The van der Waals surface area contributed by atoms with E-state index in [9.17, 15) is 0 Å². The van der Waals surface area contributed by atoms with Crippen molar-refractivity contribution in [2.24, 2.45) is 35.5 Å². The molecular formula is C22H40N2. The number of hydrogen-bond acceptors (Lipinski definition) is 2. The van der Waals surface area contributed by atoms with Crippen molar-refractivity contribution in [1.29, 1.82) is 0 Å². The summed E-state index contributed by atoms with van der Waals surface area (Å²) in [4.78, 5) is 0. The van der Waals surface area contributed by atoms with Crippen LogP contribution in [-0.4, -0.2) is 26.2 Å². The van der Waals surface area contributed by atoms with E-state index in [1.807, 2.05) is 0 Å². The molecule has 0 aromatic rings. The Morgan fingerprint density at radius 2 is 1.12 bits per heavy atom. The molecule has 2 aliphatic rings. The number of rotatable bonds is 7. The van der Waals surface area contributed by atoms with Gasteiger partial charge in [0.2, 0.25) is 0 Å². The molecule has 24 heavy (non-hydrogen) atoms. The van der Waals surface area contributed by atoms with Gasteiger partial charge in [-0.25, -0.2) is 0 Å². The van der Waals surface area contributed by atoms with Crippen LogP contribution in [0.1, 0.15) is 54.4 Å². The number of nitrogens with one attached hydrogen (secondary N) is 2. The van der Waals surface area contributed by atoms with E-state index in [0.717, 1.165) is 49.9 Å². The van der Waals surface area contributed by atoms with E-state index in [4.69, 9.17) is 0 Å². The summed E-state index contributed by atoms with van der Waals surface area (Å²) in [7, 11) is 0. The van der Waals surface area contributed by atoms with Crippen LogP contribution in [0.15, 0.2) is 23.3 Å². The van der Waals surface area contributed by atoms with Gasteiger partial charge in [-0.2, -0.15) is 0 Å². The lowest BCUT2D eigenvalue weighted by atomic mass is 9.75. The summed E-state index contributed by atoms with van der Waals surface area (Å²) < 4.78 is 0. The Morgan fingerprint density at radius 3 is 1.46 bits per heavy atom. The van der Waals surface area contributed by atoms with Crippen LogP contribution in [0.25, 0.3) is 0 Å². The van der Waals surface area contributed by atoms with Gasteiger partial charge in [0.15, 0.2) is 0 Å². The van der Waals surface area contributed by atoms with Crippen molar-refractivity contribution in [2.45, 2.75) is 54.4 Å². The van der Waals surface area contributed by atoms with Crippen LogP contribution in [0.2, 0.25) is 0 Å². The van der Waals surface area contributed by atoms with Crippen molar-refractivity contribution in [3.63, 3.8) is 0 Å². The van der Waals surface area contributed by atoms with Gasteiger partial charge < -0.3 is 10.6 Å². The fourth-order valence-corrected chi connectivity index (χ4v) is 5.12. The van der Waals surface area contributed by atoms with Crippen LogP contribution < -0.4 is 10.6 Å². The first-order valence-electron chi connectivity index (χ1n) is 10.1. The van der Waals surface area contributed by atoms with Crippen LogP contribution in [0.5, 0.6) is 0 Å². The molecule has 2 N–H and O–H groups in total. The Balaban J connectivity index is 1.62. The van der Waals surface area contributed by atoms with Gasteiger partial charge in [0.05, 0.1) is 0 Å². The number of allylic oxidation sites excluding steroid dienone is 4. The highest BCUT2D eigenvalue weighted by Gasteiger charge is 2.27. The molecule has 0 bridgehead atoms. The Hall–Kier alpha value is -0.600. The molecule has 0 aromatic carbocycles. The third kappa shape index (κ3) is 5.46. The molecule has 6 atom stereocenters. The molecular weight excluding hydrogens is 292 g/mol. The van der Waals surface area contributed by atoms with E-state index < -0.39 is 0 Å². The van der Waals surface area contributed by atoms with Gasteiger partial charge in [-0.15, -0.1) is 0 Å². The average Bonchev–Trinajstić information content (AvgIpc) is 2.46. The largest absolute Gasteiger partial charge is 0.315 e. The molecule has 0 aromatic heterocycles. The van der Waals surface area contributed by atoms with Crippen molar-refractivity contribution in [3.05, 3.63) is 23.3 Å². The molecule has 0 unspecified atom stereocenters. The highest BCUT2D eigenvalue weighted by molar-refractivity contribution is 5.09. The maximum absolute atomic E-state index is 3.69. The quantitative estimate of drug-likeness (QED) is 0.524. The van der Waals surface area contributed by atoms with Gasteiger partial charge in [-0.05, 0) is 75.3 Å². The average molecular weight is 333 g/mol. The minimum Gasteiger partial charge on any atom is -0.315 e. The molecule has 2 nitrogen and oxygen atoms in total. The zero-order valence-corrected chi connectivity index (χ0v) is 16.9. The zero-order valence-electron chi connectivity index (χ0n) is 16.9. The topological polar surface area (TPSA) is 24.1 Å². The summed E-state index contributed by atoms with van der Waals surface area (Å²) in [6.45, 7) is 18.6. The standard InChI is InChI=1S/C22H40N2/c1-15-9-17(3)21(18(4)10-15)13-23-7-8-24-14-22-19(5)11-16(2)12-20(22)6/h9,11,17-24H,7-8,10,12-14H2,1-6H3/t17-,18-,19+,20-,21-,22+/m1/s1. The predicted molar refractivity (Wildman–Crippen MR) is 106 cm³/mol. The molecule has 0 spiro atoms. The normalized spacial score (nSPS) is 37.1. The van der Waals surface area contributed by atoms with Crippen molar-refractivity contribution in [3.8, 4) is 0 Å². The maximum Gasteiger partial charge on any atom is 0.00768 e. The smallest absolute Gasteiger partial charge is 0.00768 e. The summed E-state index contributed by atoms with van der Waals surface area (Å²) in [5.74, 6) is 4.63. The second-order valence-corrected chi connectivity index (χ2v) is 8.84. The molecule has 138 valence electrons. The minimum atomic E-state index is 0.716. The molecule has 0 radical (unpaired) electrons. The van der Waals surface area contributed by atoms with Crippen LogP contribution in [0.3, 0.4) is 0 Å². The Labute approximate surface area is 150 Å². The first-order valence-corrected chi connectivity index (χ1v) is 10.1. The van der Waals surface area contributed by atoms with Crippen LogP contribution in [0, 0.1) is 35.5 Å². The molecule has 0 amide bonds. The van der Waals surface area contributed by atoms with E-state index in [-0.39, 0.29) is 0 Å². The predicted octanol–water partition coefficient (Wildman–Crippen LogP) is 4.64. The van der Waals surface area contributed by atoms with Gasteiger partial charge in [0.1, 0.15) is 0 Å². The zero-order chi connectivity index (χ0) is 17.7. The van der Waals surface area contributed by atoms with Crippen molar-refractivity contribution < 1.29 is 0 Å². The molecule has 0 saturated carbocycles. The fourth-order valence-electron chi connectivity index (χ4n) is 5.12. The minimum absolute atomic E-state index is 0.716. The molecule has 2 heteroatoms. The summed E-state index contributed by atoms with van der Waals surface area (Å²) in [6, 6.07) is 0. The highest BCUT2D eigenvalue weighted by atomic mass is 14.9. The van der Waals surface area contributed by atoms with Gasteiger partial charge in [0.25, 0.3) is 0 Å². The van der Waals surface area contributed by atoms with E-state index in [1.54, 1.807) is 11.1 Å². The highest BCUT2D eigenvalue weighted by Crippen LogP contribution is 2.33. The van der Waals surface area contributed by atoms with Gasteiger partial charge in [-0.1, -0.05) is 51.0 Å². The summed E-state index contributed by atoms with van der Waals surface area (Å²) in [5, 5.41) is 7.39. The first kappa shape index (κ1) is 19.7. The molecule has 0 fully saturated rings. The first-order chi connectivity index (χ1) is 11.4. The SMILES string of the molecule is CC1=C[C@@H](C)[C@@H](CNCCNC[C@@H]2[C@H](C)CC(C)=C[C@@H]2C)[C@H](C)C1. The Kier molecular flexibility index (Phi) is 7.56. The second-order valence-electron chi connectivity index (χ2n) is 8.84. The third-order valence-corrected chi connectivity index (χ3v) is 6.43.